The maximum absolute atomic E-state index is 11.2. The molecule has 0 unspecified atom stereocenters. The van der Waals surface area contributed by atoms with Crippen LogP contribution in [0.3, 0.4) is 0 Å². The molecule has 1 aromatic rings. The summed E-state index contributed by atoms with van der Waals surface area (Å²) in [5.41, 5.74) is 9.06. The maximum Gasteiger partial charge on any atom is 0.260 e. The Kier molecular flexibility index (Phi) is 4.80. The molecule has 0 aliphatic carbocycles. The monoisotopic (exact) mass is 208 g/mol. The Hall–Kier alpha value is -1.39. The van der Waals surface area contributed by atoms with Crippen LogP contribution in [0, 0.1) is 0 Å². The lowest BCUT2D eigenvalue weighted by molar-refractivity contribution is -0.132. The van der Waals surface area contributed by atoms with Gasteiger partial charge in [-0.15, -0.1) is 0 Å². The number of rotatable bonds is 5. The highest BCUT2D eigenvalue weighted by Gasteiger charge is 2.12. The topological polar surface area (TPSA) is 64.3 Å². The SMILES string of the molecule is CONC(=O)[C@H](N)CCc1ccccc1. The number of nitrogens with one attached hydrogen (secondary N) is 1. The van der Waals surface area contributed by atoms with E-state index < -0.39 is 6.04 Å². The zero-order valence-electron chi connectivity index (χ0n) is 8.77. The highest BCUT2D eigenvalue weighted by atomic mass is 16.6. The van der Waals surface area contributed by atoms with E-state index in [1.807, 2.05) is 30.3 Å². The van der Waals surface area contributed by atoms with E-state index in [9.17, 15) is 4.79 Å². The van der Waals surface area contributed by atoms with Crippen LogP contribution >= 0.6 is 0 Å². The molecule has 4 heteroatoms. The Labute approximate surface area is 89.4 Å². The molecule has 0 bridgehead atoms. The minimum Gasteiger partial charge on any atom is -0.320 e. The molecule has 0 aliphatic rings. The fourth-order valence-corrected chi connectivity index (χ4v) is 1.27. The Bertz CT molecular complexity index is 301. The molecular weight excluding hydrogens is 192 g/mol. The van der Waals surface area contributed by atoms with E-state index in [2.05, 4.69) is 10.3 Å². The van der Waals surface area contributed by atoms with Crippen LogP contribution in [0.4, 0.5) is 0 Å². The van der Waals surface area contributed by atoms with Crippen LogP contribution in [0.2, 0.25) is 0 Å². The first-order chi connectivity index (χ1) is 7.24. The first-order valence-corrected chi connectivity index (χ1v) is 4.86. The summed E-state index contributed by atoms with van der Waals surface area (Å²) >= 11 is 0. The summed E-state index contributed by atoms with van der Waals surface area (Å²) in [5, 5.41) is 0. The molecule has 1 rings (SSSR count). The molecule has 0 spiro atoms. The molecule has 3 N–H and O–H groups in total. The normalized spacial score (nSPS) is 12.1. The lowest BCUT2D eigenvalue weighted by Gasteiger charge is -2.10. The number of carbonyl (C=O) groups excluding carboxylic acids is 1. The Morgan fingerprint density at radius 1 is 1.47 bits per heavy atom. The van der Waals surface area contributed by atoms with Gasteiger partial charge in [0.15, 0.2) is 0 Å². The Balaban J connectivity index is 2.34. The third kappa shape index (κ3) is 4.10. The molecule has 0 aliphatic heterocycles. The Morgan fingerprint density at radius 2 is 2.13 bits per heavy atom. The number of hydrogen-bond donors (Lipinski definition) is 2. The zero-order valence-corrected chi connectivity index (χ0v) is 8.77. The van der Waals surface area contributed by atoms with Crippen molar-refractivity contribution in [2.45, 2.75) is 18.9 Å². The van der Waals surface area contributed by atoms with Crippen LogP contribution in [-0.2, 0) is 16.1 Å². The van der Waals surface area contributed by atoms with Crippen molar-refractivity contribution in [3.05, 3.63) is 35.9 Å². The minimum atomic E-state index is -0.523. The molecule has 0 radical (unpaired) electrons. The van der Waals surface area contributed by atoms with Crippen molar-refractivity contribution >= 4 is 5.91 Å². The van der Waals surface area contributed by atoms with E-state index in [4.69, 9.17) is 5.73 Å². The summed E-state index contributed by atoms with van der Waals surface area (Å²) in [6.45, 7) is 0. The fourth-order valence-electron chi connectivity index (χ4n) is 1.27. The second kappa shape index (κ2) is 6.16. The van der Waals surface area contributed by atoms with Crippen LogP contribution < -0.4 is 11.2 Å². The number of benzene rings is 1. The highest BCUT2D eigenvalue weighted by Crippen LogP contribution is 2.03. The van der Waals surface area contributed by atoms with E-state index in [0.29, 0.717) is 6.42 Å². The molecule has 0 saturated carbocycles. The summed E-state index contributed by atoms with van der Waals surface area (Å²) in [6.07, 6.45) is 1.40. The van der Waals surface area contributed by atoms with E-state index >= 15 is 0 Å². The smallest absolute Gasteiger partial charge is 0.260 e. The quantitative estimate of drug-likeness (QED) is 0.697. The number of hydroxylamine groups is 1. The van der Waals surface area contributed by atoms with Crippen molar-refractivity contribution in [3.8, 4) is 0 Å². The van der Waals surface area contributed by atoms with Gasteiger partial charge >= 0.3 is 0 Å². The van der Waals surface area contributed by atoms with Crippen molar-refractivity contribution < 1.29 is 9.63 Å². The van der Waals surface area contributed by atoms with Gasteiger partial charge in [-0.25, -0.2) is 5.48 Å². The van der Waals surface area contributed by atoms with Crippen LogP contribution in [0.15, 0.2) is 30.3 Å². The van der Waals surface area contributed by atoms with Gasteiger partial charge in [0.05, 0.1) is 13.2 Å². The predicted octanol–water partition coefficient (Wildman–Crippen LogP) is 0.624. The van der Waals surface area contributed by atoms with Gasteiger partial charge in [-0.05, 0) is 18.4 Å². The van der Waals surface area contributed by atoms with Crippen molar-refractivity contribution in [1.82, 2.24) is 5.48 Å². The van der Waals surface area contributed by atoms with Gasteiger partial charge in [-0.3, -0.25) is 9.63 Å². The fraction of sp³-hybridized carbons (Fsp3) is 0.364. The molecule has 82 valence electrons. The molecule has 1 atom stereocenters. The number of nitrogens with two attached hydrogens (primary N) is 1. The van der Waals surface area contributed by atoms with Crippen molar-refractivity contribution in [2.75, 3.05) is 7.11 Å². The molecule has 4 nitrogen and oxygen atoms in total. The van der Waals surface area contributed by atoms with E-state index in [-0.39, 0.29) is 5.91 Å². The molecule has 0 aromatic heterocycles. The van der Waals surface area contributed by atoms with Gasteiger partial charge in [-0.2, -0.15) is 0 Å². The summed E-state index contributed by atoms with van der Waals surface area (Å²) in [6, 6.07) is 9.40. The molecule has 1 amide bonds. The molecule has 1 aromatic carbocycles. The minimum absolute atomic E-state index is 0.284. The summed E-state index contributed by atoms with van der Waals surface area (Å²) in [4.78, 5) is 15.7. The van der Waals surface area contributed by atoms with Gasteiger partial charge in [0.25, 0.3) is 5.91 Å². The predicted molar refractivity (Wildman–Crippen MR) is 57.9 cm³/mol. The maximum atomic E-state index is 11.2. The van der Waals surface area contributed by atoms with Crippen LogP contribution in [0.25, 0.3) is 0 Å². The van der Waals surface area contributed by atoms with Crippen molar-refractivity contribution in [1.29, 1.82) is 0 Å². The van der Waals surface area contributed by atoms with Gasteiger partial charge in [0.1, 0.15) is 0 Å². The molecule has 15 heavy (non-hydrogen) atoms. The first kappa shape index (κ1) is 11.7. The molecular formula is C11H16N2O2. The lowest BCUT2D eigenvalue weighted by atomic mass is 10.1. The van der Waals surface area contributed by atoms with E-state index in [1.54, 1.807) is 0 Å². The lowest BCUT2D eigenvalue weighted by Crippen LogP contribution is -2.40. The van der Waals surface area contributed by atoms with Gasteiger partial charge in [0, 0.05) is 0 Å². The number of amides is 1. The second-order valence-corrected chi connectivity index (χ2v) is 3.30. The number of hydrogen-bond acceptors (Lipinski definition) is 3. The van der Waals surface area contributed by atoms with Gasteiger partial charge in [0.2, 0.25) is 0 Å². The summed E-state index contributed by atoms with van der Waals surface area (Å²) in [5.74, 6) is -0.284. The third-order valence-electron chi connectivity index (χ3n) is 2.13. The van der Waals surface area contributed by atoms with Crippen LogP contribution in [-0.4, -0.2) is 19.1 Å². The average molecular weight is 208 g/mol. The van der Waals surface area contributed by atoms with Crippen LogP contribution in [0.1, 0.15) is 12.0 Å². The molecule has 0 fully saturated rings. The number of carbonyl (C=O) groups is 1. The largest absolute Gasteiger partial charge is 0.320 e. The summed E-state index contributed by atoms with van der Waals surface area (Å²) in [7, 11) is 1.39. The van der Waals surface area contributed by atoms with Crippen molar-refractivity contribution in [3.63, 3.8) is 0 Å². The molecule has 0 saturated heterocycles. The van der Waals surface area contributed by atoms with E-state index in [0.717, 1.165) is 6.42 Å². The second-order valence-electron chi connectivity index (χ2n) is 3.30. The van der Waals surface area contributed by atoms with Gasteiger partial charge in [-0.1, -0.05) is 30.3 Å². The standard InChI is InChI=1S/C11H16N2O2/c1-15-13-11(14)10(12)8-7-9-5-3-2-4-6-9/h2-6,10H,7-8,12H2,1H3,(H,13,14)/t10-/m1/s1. The van der Waals surface area contributed by atoms with Crippen LogP contribution in [0.5, 0.6) is 0 Å². The first-order valence-electron chi connectivity index (χ1n) is 4.86. The van der Waals surface area contributed by atoms with Crippen molar-refractivity contribution in [2.24, 2.45) is 5.73 Å². The van der Waals surface area contributed by atoms with E-state index in [1.165, 1.54) is 12.7 Å². The average Bonchev–Trinajstić information content (AvgIpc) is 2.27. The summed E-state index contributed by atoms with van der Waals surface area (Å²) < 4.78 is 0. The highest BCUT2D eigenvalue weighted by molar-refractivity contribution is 5.80. The number of aryl methyl sites for hydroxylation is 1. The van der Waals surface area contributed by atoms with Gasteiger partial charge < -0.3 is 5.73 Å². The Morgan fingerprint density at radius 3 is 2.73 bits per heavy atom. The zero-order chi connectivity index (χ0) is 11.1. The third-order valence-corrected chi connectivity index (χ3v) is 2.13. The molecule has 0 heterocycles.